The zero-order valence-electron chi connectivity index (χ0n) is 8.45. The number of ether oxygens (including phenoxy) is 1. The van der Waals surface area contributed by atoms with Crippen LogP contribution in [0, 0.1) is 11.3 Å². The van der Waals surface area contributed by atoms with Crippen LogP contribution in [0.3, 0.4) is 0 Å². The lowest BCUT2D eigenvalue weighted by molar-refractivity contribution is -0.145. The van der Waals surface area contributed by atoms with Crippen molar-refractivity contribution in [1.82, 2.24) is 0 Å². The van der Waals surface area contributed by atoms with Crippen molar-refractivity contribution in [2.45, 2.75) is 19.9 Å². The van der Waals surface area contributed by atoms with Crippen LogP contribution in [0.25, 0.3) is 0 Å². The Morgan fingerprint density at radius 2 is 2.14 bits per heavy atom. The van der Waals surface area contributed by atoms with Crippen molar-refractivity contribution in [2.75, 3.05) is 6.61 Å². The Kier molecular flexibility index (Phi) is 10.4. The second-order valence-corrected chi connectivity index (χ2v) is 2.79. The lowest BCUT2D eigenvalue weighted by atomic mass is 10.1. The predicted molar refractivity (Wildman–Crippen MR) is 52.4 cm³/mol. The molecule has 3 N–H and O–H groups in total. The van der Waals surface area contributed by atoms with Gasteiger partial charge in [0.2, 0.25) is 6.08 Å². The molecule has 0 bridgehead atoms. The fraction of sp³-hybridized carbons (Fsp3) is 0.556. The van der Waals surface area contributed by atoms with Crippen molar-refractivity contribution < 1.29 is 14.3 Å². The average molecular weight is 200 g/mol. The van der Waals surface area contributed by atoms with Crippen LogP contribution in [0.2, 0.25) is 0 Å². The van der Waals surface area contributed by atoms with E-state index in [9.17, 15) is 4.79 Å². The number of nitrogens with two attached hydrogens (primary N) is 1. The van der Waals surface area contributed by atoms with Crippen LogP contribution in [-0.2, 0) is 14.3 Å². The van der Waals surface area contributed by atoms with Crippen LogP contribution in [0.5, 0.6) is 0 Å². The monoisotopic (exact) mass is 200 g/mol. The third kappa shape index (κ3) is 8.64. The maximum absolute atomic E-state index is 10.9. The summed E-state index contributed by atoms with van der Waals surface area (Å²) in [5.41, 5.74) is 5.49. The maximum atomic E-state index is 10.9. The summed E-state index contributed by atoms with van der Waals surface area (Å²) in [4.78, 5) is 19.3. The van der Waals surface area contributed by atoms with E-state index in [4.69, 9.17) is 20.7 Å². The van der Waals surface area contributed by atoms with Crippen LogP contribution in [-0.4, -0.2) is 24.7 Å². The summed E-state index contributed by atoms with van der Waals surface area (Å²) in [5.74, 6) is -0.243. The summed E-state index contributed by atoms with van der Waals surface area (Å²) in [6.45, 7) is 7.40. The number of hydrogen-bond acceptors (Lipinski definition) is 5. The normalized spacial score (nSPS) is 10.6. The van der Waals surface area contributed by atoms with Gasteiger partial charge in [0.05, 0.1) is 0 Å². The molecule has 0 fully saturated rings. The Morgan fingerprint density at radius 3 is 2.43 bits per heavy atom. The molecule has 1 atom stereocenters. The van der Waals surface area contributed by atoms with E-state index in [1.54, 1.807) is 0 Å². The molecule has 0 saturated heterocycles. The number of carbonyl (C=O) groups is 1. The molecule has 80 valence electrons. The van der Waals surface area contributed by atoms with E-state index < -0.39 is 6.04 Å². The Labute approximate surface area is 83.4 Å². The highest BCUT2D eigenvalue weighted by atomic mass is 16.5. The summed E-state index contributed by atoms with van der Waals surface area (Å²) >= 11 is 0. The molecule has 0 aliphatic heterocycles. The summed E-state index contributed by atoms with van der Waals surface area (Å²) in [6, 6.07) is -0.519. The number of isocyanates is 1. The SMILES string of the molecule is C=CCOC(=O)[C@@H](N)C(C)C.N=C=O. The van der Waals surface area contributed by atoms with E-state index >= 15 is 0 Å². The molecule has 0 rings (SSSR count). The lowest BCUT2D eigenvalue weighted by Gasteiger charge is -2.13. The van der Waals surface area contributed by atoms with E-state index in [1.165, 1.54) is 6.08 Å². The molecule has 0 aromatic rings. The molecule has 0 spiro atoms. The van der Waals surface area contributed by atoms with Crippen molar-refractivity contribution in [3.8, 4) is 0 Å². The smallest absolute Gasteiger partial charge is 0.323 e. The number of hydrogen-bond donors (Lipinski definition) is 2. The van der Waals surface area contributed by atoms with Crippen molar-refractivity contribution in [2.24, 2.45) is 11.7 Å². The Bertz CT molecular complexity index is 208. The number of rotatable bonds is 4. The summed E-state index contributed by atoms with van der Waals surface area (Å²) in [7, 11) is 0. The van der Waals surface area contributed by atoms with E-state index in [0.717, 1.165) is 6.08 Å². The quantitative estimate of drug-likeness (QED) is 0.301. The molecule has 14 heavy (non-hydrogen) atoms. The molecule has 5 nitrogen and oxygen atoms in total. The lowest BCUT2D eigenvalue weighted by Crippen LogP contribution is -2.36. The maximum Gasteiger partial charge on any atom is 0.323 e. The van der Waals surface area contributed by atoms with Crippen LogP contribution < -0.4 is 5.73 Å². The van der Waals surface area contributed by atoms with Crippen LogP contribution in [0.1, 0.15) is 13.8 Å². The van der Waals surface area contributed by atoms with E-state index in [0.29, 0.717) is 0 Å². The minimum absolute atomic E-state index is 0.118. The molecule has 0 unspecified atom stereocenters. The summed E-state index contributed by atoms with van der Waals surface area (Å²) < 4.78 is 4.73. The van der Waals surface area contributed by atoms with Crippen molar-refractivity contribution >= 4 is 12.0 Å². The van der Waals surface area contributed by atoms with E-state index in [-0.39, 0.29) is 18.5 Å². The number of esters is 1. The number of carbonyl (C=O) groups excluding carboxylic acids is 2. The van der Waals surface area contributed by atoms with Crippen LogP contribution in [0.4, 0.5) is 0 Å². The predicted octanol–water partition coefficient (Wildman–Crippen LogP) is 0.600. The van der Waals surface area contributed by atoms with Gasteiger partial charge < -0.3 is 10.5 Å². The fourth-order valence-corrected chi connectivity index (χ4v) is 0.509. The van der Waals surface area contributed by atoms with Gasteiger partial charge in [0.1, 0.15) is 12.6 Å². The topological polar surface area (TPSA) is 93.2 Å². The molecule has 0 aromatic carbocycles. The first kappa shape index (κ1) is 15.0. The Balaban J connectivity index is 0. The third-order valence-electron chi connectivity index (χ3n) is 1.33. The van der Waals surface area contributed by atoms with Gasteiger partial charge in [0.15, 0.2) is 0 Å². The van der Waals surface area contributed by atoms with Gasteiger partial charge in [-0.3, -0.25) is 4.79 Å². The van der Waals surface area contributed by atoms with Gasteiger partial charge in [0, 0.05) is 0 Å². The molecular formula is C9H16N2O3. The zero-order chi connectivity index (χ0) is 11.6. The molecule has 5 heteroatoms. The number of nitrogens with one attached hydrogen (secondary N) is 1. The standard InChI is InChI=1S/C8H15NO2.CHNO/c1-4-5-11-8(10)7(9)6(2)3;2-1-3/h4,6-7H,1,5,9H2,2-3H3;2H/t7-;/m0./s1. The van der Waals surface area contributed by atoms with Gasteiger partial charge >= 0.3 is 5.97 Å². The van der Waals surface area contributed by atoms with Gasteiger partial charge in [0.25, 0.3) is 0 Å². The van der Waals surface area contributed by atoms with E-state index in [2.05, 4.69) is 6.58 Å². The minimum atomic E-state index is -0.519. The van der Waals surface area contributed by atoms with Gasteiger partial charge in [-0.25, -0.2) is 10.2 Å². The van der Waals surface area contributed by atoms with E-state index in [1.807, 2.05) is 13.8 Å². The fourth-order valence-electron chi connectivity index (χ4n) is 0.509. The first-order valence-electron chi connectivity index (χ1n) is 4.08. The highest BCUT2D eigenvalue weighted by Crippen LogP contribution is 1.99. The highest BCUT2D eigenvalue weighted by Gasteiger charge is 2.17. The molecule has 0 radical (unpaired) electrons. The minimum Gasteiger partial charge on any atom is -0.460 e. The van der Waals surface area contributed by atoms with Crippen molar-refractivity contribution in [3.05, 3.63) is 12.7 Å². The van der Waals surface area contributed by atoms with Crippen molar-refractivity contribution in [3.63, 3.8) is 0 Å². The summed E-state index contributed by atoms with van der Waals surface area (Å²) in [6.07, 6.45) is 2.27. The second-order valence-electron chi connectivity index (χ2n) is 2.79. The first-order chi connectivity index (χ1) is 6.51. The van der Waals surface area contributed by atoms with Gasteiger partial charge in [-0.05, 0) is 5.92 Å². The summed E-state index contributed by atoms with van der Waals surface area (Å²) in [5, 5.41) is 5.40. The Morgan fingerprint density at radius 1 is 1.71 bits per heavy atom. The molecule has 0 heterocycles. The zero-order valence-corrected chi connectivity index (χ0v) is 8.45. The molecule has 0 aromatic heterocycles. The van der Waals surface area contributed by atoms with Gasteiger partial charge in [-0.2, -0.15) is 0 Å². The molecular weight excluding hydrogens is 184 g/mol. The highest BCUT2D eigenvalue weighted by molar-refractivity contribution is 5.75. The van der Waals surface area contributed by atoms with Gasteiger partial charge in [-0.1, -0.05) is 26.5 Å². The molecule has 0 amide bonds. The van der Waals surface area contributed by atoms with Gasteiger partial charge in [-0.15, -0.1) is 0 Å². The average Bonchev–Trinajstić information content (AvgIpc) is 2.14. The largest absolute Gasteiger partial charge is 0.460 e. The molecule has 0 aliphatic carbocycles. The van der Waals surface area contributed by atoms with Crippen LogP contribution in [0.15, 0.2) is 12.7 Å². The first-order valence-corrected chi connectivity index (χ1v) is 4.08. The van der Waals surface area contributed by atoms with Crippen LogP contribution >= 0.6 is 0 Å². The van der Waals surface area contributed by atoms with Crippen molar-refractivity contribution in [1.29, 1.82) is 5.41 Å². The second kappa shape index (κ2) is 9.64. The molecule has 0 aliphatic rings. The molecule has 0 saturated carbocycles. The third-order valence-corrected chi connectivity index (χ3v) is 1.33. The Hall–Kier alpha value is -1.45.